The van der Waals surface area contributed by atoms with Crippen molar-refractivity contribution in [1.29, 1.82) is 0 Å². The summed E-state index contributed by atoms with van der Waals surface area (Å²) in [6.45, 7) is 1.19. The van der Waals surface area contributed by atoms with Gasteiger partial charge in [-0.15, -0.1) is 11.3 Å². The number of aromatic nitrogens is 1. The van der Waals surface area contributed by atoms with E-state index in [4.69, 9.17) is 4.74 Å². The van der Waals surface area contributed by atoms with Gasteiger partial charge in [-0.05, 0) is 17.7 Å². The van der Waals surface area contributed by atoms with Crippen molar-refractivity contribution in [3.8, 4) is 0 Å². The largest absolute Gasteiger partial charge is 0.360 e. The van der Waals surface area contributed by atoms with Crippen LogP contribution in [0.15, 0.2) is 48.0 Å². The summed E-state index contributed by atoms with van der Waals surface area (Å²) in [7, 11) is 1.74. The van der Waals surface area contributed by atoms with Gasteiger partial charge in [0.15, 0.2) is 0 Å². The van der Waals surface area contributed by atoms with E-state index in [1.54, 1.807) is 35.2 Å². The van der Waals surface area contributed by atoms with E-state index >= 15 is 0 Å². The summed E-state index contributed by atoms with van der Waals surface area (Å²) in [5.74, 6) is -1.55. The number of fused-ring (bicyclic) bond motifs is 1. The number of benzene rings is 1. The third kappa shape index (κ3) is 2.98. The number of hydrogen-bond donors (Lipinski definition) is 0. The fourth-order valence-electron chi connectivity index (χ4n) is 4.67. The summed E-state index contributed by atoms with van der Waals surface area (Å²) < 4.78 is 19.3. The second kappa shape index (κ2) is 6.74. The summed E-state index contributed by atoms with van der Waals surface area (Å²) in [6, 6.07) is 6.12. The number of hydrogen-bond acceptors (Lipinski definition) is 5. The Balaban J connectivity index is 1.36. The van der Waals surface area contributed by atoms with Crippen LogP contribution in [0.4, 0.5) is 4.39 Å². The number of likely N-dealkylation sites (tertiary alicyclic amines) is 1. The lowest BCUT2D eigenvalue weighted by atomic mass is 9.76. The molecule has 0 saturated carbocycles. The molecular formula is C21H20FN3O3S. The monoisotopic (exact) mass is 413 g/mol. The zero-order chi connectivity index (χ0) is 20.2. The molecule has 4 atom stereocenters. The van der Waals surface area contributed by atoms with Crippen molar-refractivity contribution in [2.24, 2.45) is 11.8 Å². The Kier molecular flexibility index (Phi) is 4.29. The lowest BCUT2D eigenvalue weighted by Gasteiger charge is -2.27. The first-order valence-corrected chi connectivity index (χ1v) is 10.4. The Hall–Kier alpha value is -2.58. The maximum absolute atomic E-state index is 13.3. The van der Waals surface area contributed by atoms with Crippen LogP contribution in [0.5, 0.6) is 0 Å². The zero-order valence-corrected chi connectivity index (χ0v) is 16.6. The van der Waals surface area contributed by atoms with Crippen LogP contribution >= 0.6 is 11.3 Å². The predicted molar refractivity (Wildman–Crippen MR) is 104 cm³/mol. The first kappa shape index (κ1) is 18.4. The number of amides is 2. The van der Waals surface area contributed by atoms with E-state index in [9.17, 15) is 14.0 Å². The van der Waals surface area contributed by atoms with Crippen LogP contribution in [0.1, 0.15) is 10.6 Å². The van der Waals surface area contributed by atoms with E-state index in [-0.39, 0.29) is 23.7 Å². The van der Waals surface area contributed by atoms with E-state index in [0.29, 0.717) is 19.6 Å². The molecule has 1 aromatic heterocycles. The van der Waals surface area contributed by atoms with Crippen molar-refractivity contribution in [3.63, 3.8) is 0 Å². The van der Waals surface area contributed by atoms with Gasteiger partial charge in [0.2, 0.25) is 11.8 Å². The molecule has 150 valence electrons. The molecule has 5 rings (SSSR count). The van der Waals surface area contributed by atoms with Crippen LogP contribution in [0.2, 0.25) is 0 Å². The van der Waals surface area contributed by atoms with Gasteiger partial charge in [0.05, 0.1) is 31.0 Å². The molecular weight excluding hydrogens is 393 g/mol. The van der Waals surface area contributed by atoms with Crippen LogP contribution in [0.3, 0.4) is 0 Å². The molecule has 0 unspecified atom stereocenters. The molecule has 1 spiro atoms. The second-order valence-electron chi connectivity index (χ2n) is 7.84. The quantitative estimate of drug-likeness (QED) is 0.706. The van der Waals surface area contributed by atoms with Crippen molar-refractivity contribution in [1.82, 2.24) is 14.8 Å². The summed E-state index contributed by atoms with van der Waals surface area (Å²) in [5, 5.41) is 2.73. The van der Waals surface area contributed by atoms with Gasteiger partial charge in [0, 0.05) is 25.2 Å². The minimum Gasteiger partial charge on any atom is -0.360 e. The summed E-state index contributed by atoms with van der Waals surface area (Å²) in [6.07, 6.45) is 5.19. The van der Waals surface area contributed by atoms with Crippen LogP contribution in [0.25, 0.3) is 0 Å². The first-order chi connectivity index (χ1) is 14.0. The van der Waals surface area contributed by atoms with Gasteiger partial charge in [-0.3, -0.25) is 9.59 Å². The molecule has 0 aliphatic carbocycles. The maximum atomic E-state index is 13.3. The van der Waals surface area contributed by atoms with Gasteiger partial charge in [-0.2, -0.15) is 0 Å². The first-order valence-electron chi connectivity index (χ1n) is 9.51. The van der Waals surface area contributed by atoms with E-state index < -0.39 is 17.4 Å². The maximum Gasteiger partial charge on any atom is 0.230 e. The minimum atomic E-state index is -0.746. The normalized spacial score (nSPS) is 29.5. The smallest absolute Gasteiger partial charge is 0.230 e. The second-order valence-corrected chi connectivity index (χ2v) is 8.82. The van der Waals surface area contributed by atoms with Gasteiger partial charge in [-0.25, -0.2) is 9.37 Å². The summed E-state index contributed by atoms with van der Waals surface area (Å²) >= 11 is 1.50. The molecule has 2 amide bonds. The van der Waals surface area contributed by atoms with E-state index in [0.717, 1.165) is 10.6 Å². The van der Waals surface area contributed by atoms with Gasteiger partial charge in [0.1, 0.15) is 16.4 Å². The Morgan fingerprint density at radius 1 is 1.41 bits per heavy atom. The van der Waals surface area contributed by atoms with E-state index in [1.807, 2.05) is 17.5 Å². The van der Waals surface area contributed by atoms with Crippen LogP contribution < -0.4 is 0 Å². The summed E-state index contributed by atoms with van der Waals surface area (Å²) in [4.78, 5) is 34.1. The molecule has 6 nitrogen and oxygen atoms in total. The molecule has 2 fully saturated rings. The SMILES string of the molecule is CN(Cc1nccs1)C(=O)[C@H]1[C@@H]2C=C[C@@]3(CN(Cc4ccc(F)cc4)C(=O)[C@H]13)O2. The number of carbonyl (C=O) groups is 2. The standard InChI is InChI=1S/C21H20FN3O3S/c1-24(11-16-23-8-9-29-16)19(26)17-15-6-7-21(28-15)12-25(20(27)18(17)21)10-13-2-4-14(22)5-3-13/h2-9,15,17-18H,10-12H2,1H3/t15-,17-,18-,21-/m0/s1. The van der Waals surface area contributed by atoms with Gasteiger partial charge >= 0.3 is 0 Å². The molecule has 3 aliphatic heterocycles. The number of rotatable bonds is 5. The van der Waals surface area contributed by atoms with Crippen LogP contribution in [-0.4, -0.2) is 51.9 Å². The molecule has 3 aliphatic rings. The Morgan fingerprint density at radius 3 is 2.93 bits per heavy atom. The third-order valence-corrected chi connectivity index (χ3v) is 6.75. The average molecular weight is 413 g/mol. The fraction of sp³-hybridized carbons (Fsp3) is 0.381. The van der Waals surface area contributed by atoms with Crippen molar-refractivity contribution >= 4 is 23.2 Å². The Bertz CT molecular complexity index is 978. The zero-order valence-electron chi connectivity index (χ0n) is 15.8. The highest BCUT2D eigenvalue weighted by molar-refractivity contribution is 7.09. The molecule has 2 aromatic rings. The lowest BCUT2D eigenvalue weighted by Crippen LogP contribution is -2.44. The number of carbonyl (C=O) groups excluding carboxylic acids is 2. The third-order valence-electron chi connectivity index (χ3n) is 5.98. The predicted octanol–water partition coefficient (Wildman–Crippen LogP) is 2.22. The molecule has 0 N–H and O–H groups in total. The highest BCUT2D eigenvalue weighted by Gasteiger charge is 2.67. The van der Waals surface area contributed by atoms with E-state index in [1.165, 1.54) is 23.5 Å². The summed E-state index contributed by atoms with van der Waals surface area (Å²) in [5.41, 5.74) is 0.0999. The molecule has 29 heavy (non-hydrogen) atoms. The van der Waals surface area contributed by atoms with E-state index in [2.05, 4.69) is 4.98 Å². The number of halogens is 1. The van der Waals surface area contributed by atoms with Crippen molar-refractivity contribution in [2.75, 3.05) is 13.6 Å². The molecule has 8 heteroatoms. The van der Waals surface area contributed by atoms with Crippen molar-refractivity contribution < 1.29 is 18.7 Å². The minimum absolute atomic E-state index is 0.0813. The van der Waals surface area contributed by atoms with Crippen molar-refractivity contribution in [2.45, 2.75) is 24.8 Å². The molecule has 0 radical (unpaired) electrons. The molecule has 4 heterocycles. The van der Waals surface area contributed by atoms with Crippen LogP contribution in [0, 0.1) is 17.7 Å². The van der Waals surface area contributed by atoms with Crippen LogP contribution in [-0.2, 0) is 27.4 Å². The molecule has 2 saturated heterocycles. The van der Waals surface area contributed by atoms with Gasteiger partial charge in [0.25, 0.3) is 0 Å². The molecule has 2 bridgehead atoms. The van der Waals surface area contributed by atoms with Crippen molar-refractivity contribution in [3.05, 3.63) is 64.4 Å². The average Bonchev–Trinajstić information content (AvgIpc) is 3.46. The number of ether oxygens (including phenoxy) is 1. The topological polar surface area (TPSA) is 62.7 Å². The fourth-order valence-corrected chi connectivity index (χ4v) is 5.34. The highest BCUT2D eigenvalue weighted by atomic mass is 32.1. The van der Waals surface area contributed by atoms with Gasteiger partial charge < -0.3 is 14.5 Å². The number of thiazole rings is 1. The number of nitrogens with zero attached hydrogens (tertiary/aromatic N) is 3. The Morgan fingerprint density at radius 2 is 2.21 bits per heavy atom. The molecule has 1 aromatic carbocycles. The lowest BCUT2D eigenvalue weighted by molar-refractivity contribution is -0.142. The highest BCUT2D eigenvalue weighted by Crippen LogP contribution is 2.52. The van der Waals surface area contributed by atoms with Gasteiger partial charge in [-0.1, -0.05) is 24.3 Å². The Labute approximate surface area is 171 Å².